The number of carbonyl (C=O) groups is 1. The molecule has 0 aliphatic heterocycles. The molecule has 0 aliphatic rings. The summed E-state index contributed by atoms with van der Waals surface area (Å²) in [4.78, 5) is 25.5. The number of nitrogens with one attached hydrogen (secondary N) is 1. The number of benzene rings is 2. The first-order chi connectivity index (χ1) is 13.6. The largest absolute Gasteiger partial charge is 0.348 e. The predicted molar refractivity (Wildman–Crippen MR) is 109 cm³/mol. The van der Waals surface area contributed by atoms with Gasteiger partial charge in [-0.3, -0.25) is 9.59 Å². The van der Waals surface area contributed by atoms with Gasteiger partial charge < -0.3 is 9.88 Å². The fraction of sp³-hybridized carbons (Fsp3) is 0.217. The van der Waals surface area contributed by atoms with Gasteiger partial charge >= 0.3 is 0 Å². The highest BCUT2D eigenvalue weighted by molar-refractivity contribution is 5.95. The van der Waals surface area contributed by atoms with Gasteiger partial charge in [0.15, 0.2) is 0 Å². The predicted octanol–water partition coefficient (Wildman–Crippen LogP) is 4.38. The Bertz CT molecular complexity index is 995. The topological polar surface area (TPSA) is 51.1 Å². The molecule has 3 rings (SSSR count). The van der Waals surface area contributed by atoms with Crippen molar-refractivity contribution < 1.29 is 9.18 Å². The molecular formula is C23H23FN2O2. The van der Waals surface area contributed by atoms with Gasteiger partial charge in [-0.25, -0.2) is 4.39 Å². The Morgan fingerprint density at radius 3 is 2.43 bits per heavy atom. The standard InChI is InChI=1S/C23H23FN2O2/c1-2-3-13-26-16-19(18-9-11-20(24)12-10-18)14-21(23(26)28)22(27)25-15-17-7-5-4-6-8-17/h4-12,14,16H,2-3,13,15H2,1H3,(H,25,27). The van der Waals surface area contributed by atoms with E-state index in [4.69, 9.17) is 0 Å². The molecule has 0 spiro atoms. The van der Waals surface area contributed by atoms with Gasteiger partial charge in [0.2, 0.25) is 0 Å². The van der Waals surface area contributed by atoms with Crippen molar-refractivity contribution in [3.05, 3.63) is 94.2 Å². The number of aromatic nitrogens is 1. The summed E-state index contributed by atoms with van der Waals surface area (Å²) < 4.78 is 14.8. The summed E-state index contributed by atoms with van der Waals surface area (Å²) in [7, 11) is 0. The molecule has 1 amide bonds. The molecule has 0 saturated carbocycles. The second-order valence-corrected chi connectivity index (χ2v) is 6.67. The average Bonchev–Trinajstić information content (AvgIpc) is 2.72. The molecule has 0 radical (unpaired) electrons. The molecule has 3 aromatic rings. The van der Waals surface area contributed by atoms with Crippen LogP contribution < -0.4 is 10.9 Å². The summed E-state index contributed by atoms with van der Waals surface area (Å²) in [6.07, 6.45) is 3.50. The summed E-state index contributed by atoms with van der Waals surface area (Å²) in [5.41, 5.74) is 2.19. The number of pyridine rings is 1. The van der Waals surface area contributed by atoms with Crippen LogP contribution in [-0.4, -0.2) is 10.5 Å². The minimum atomic E-state index is -0.414. The molecule has 0 saturated heterocycles. The number of hydrogen-bond acceptors (Lipinski definition) is 2. The molecule has 28 heavy (non-hydrogen) atoms. The van der Waals surface area contributed by atoms with Crippen LogP contribution in [0.25, 0.3) is 11.1 Å². The molecule has 1 N–H and O–H groups in total. The molecule has 2 aromatic carbocycles. The zero-order chi connectivity index (χ0) is 19.9. The van der Waals surface area contributed by atoms with Crippen molar-refractivity contribution >= 4 is 5.91 Å². The van der Waals surface area contributed by atoms with Crippen LogP contribution in [-0.2, 0) is 13.1 Å². The van der Waals surface area contributed by atoms with Gasteiger partial charge in [0.25, 0.3) is 11.5 Å². The van der Waals surface area contributed by atoms with E-state index in [0.29, 0.717) is 18.7 Å². The zero-order valence-electron chi connectivity index (χ0n) is 15.8. The molecule has 144 valence electrons. The number of nitrogens with zero attached hydrogens (tertiary/aromatic N) is 1. The Morgan fingerprint density at radius 2 is 1.75 bits per heavy atom. The fourth-order valence-electron chi connectivity index (χ4n) is 2.97. The quantitative estimate of drug-likeness (QED) is 0.663. The van der Waals surface area contributed by atoms with E-state index in [1.165, 1.54) is 12.1 Å². The van der Waals surface area contributed by atoms with E-state index < -0.39 is 5.91 Å². The Morgan fingerprint density at radius 1 is 1.04 bits per heavy atom. The van der Waals surface area contributed by atoms with Crippen LogP contribution in [0.15, 0.2) is 71.7 Å². The molecule has 1 heterocycles. The van der Waals surface area contributed by atoms with E-state index >= 15 is 0 Å². The van der Waals surface area contributed by atoms with Crippen molar-refractivity contribution in [1.29, 1.82) is 0 Å². The Kier molecular flexibility index (Phi) is 6.37. The molecule has 0 bridgehead atoms. The first-order valence-corrected chi connectivity index (χ1v) is 9.41. The second kappa shape index (κ2) is 9.13. The van der Waals surface area contributed by atoms with Crippen LogP contribution in [0.5, 0.6) is 0 Å². The molecule has 0 fully saturated rings. The lowest BCUT2D eigenvalue weighted by Crippen LogP contribution is -2.33. The summed E-state index contributed by atoms with van der Waals surface area (Å²) in [5, 5.41) is 2.81. The van der Waals surface area contributed by atoms with Crippen molar-refractivity contribution in [2.45, 2.75) is 32.9 Å². The highest BCUT2D eigenvalue weighted by atomic mass is 19.1. The summed E-state index contributed by atoms with van der Waals surface area (Å²) in [6, 6.07) is 17.1. The van der Waals surface area contributed by atoms with E-state index in [-0.39, 0.29) is 16.9 Å². The Labute approximate surface area is 163 Å². The van der Waals surface area contributed by atoms with Crippen LogP contribution in [0.1, 0.15) is 35.7 Å². The minimum Gasteiger partial charge on any atom is -0.348 e. The number of unbranched alkanes of at least 4 members (excludes halogenated alkanes) is 1. The van der Waals surface area contributed by atoms with Crippen molar-refractivity contribution in [2.24, 2.45) is 0 Å². The highest BCUT2D eigenvalue weighted by Gasteiger charge is 2.15. The Hall–Kier alpha value is -3.21. The van der Waals surface area contributed by atoms with E-state index in [2.05, 4.69) is 5.32 Å². The molecule has 5 heteroatoms. The van der Waals surface area contributed by atoms with Gasteiger partial charge in [0.05, 0.1) is 0 Å². The number of hydrogen-bond donors (Lipinski definition) is 1. The van der Waals surface area contributed by atoms with Gasteiger partial charge in [-0.05, 0) is 41.3 Å². The lowest BCUT2D eigenvalue weighted by Gasteiger charge is -2.12. The smallest absolute Gasteiger partial charge is 0.263 e. The van der Waals surface area contributed by atoms with E-state index in [1.54, 1.807) is 29.0 Å². The number of aryl methyl sites for hydroxylation is 1. The van der Waals surface area contributed by atoms with Crippen LogP contribution in [0, 0.1) is 5.82 Å². The SMILES string of the molecule is CCCCn1cc(-c2ccc(F)cc2)cc(C(=O)NCc2ccccc2)c1=O. The van der Waals surface area contributed by atoms with Gasteiger partial charge in [0.1, 0.15) is 11.4 Å². The van der Waals surface area contributed by atoms with Gasteiger partial charge in [-0.2, -0.15) is 0 Å². The maximum Gasteiger partial charge on any atom is 0.263 e. The monoisotopic (exact) mass is 378 g/mol. The lowest BCUT2D eigenvalue weighted by molar-refractivity contribution is 0.0948. The number of carbonyl (C=O) groups excluding carboxylic acids is 1. The van der Waals surface area contributed by atoms with Crippen LogP contribution in [0.3, 0.4) is 0 Å². The van der Waals surface area contributed by atoms with Crippen LogP contribution in [0.2, 0.25) is 0 Å². The van der Waals surface area contributed by atoms with Crippen LogP contribution >= 0.6 is 0 Å². The molecular weight excluding hydrogens is 355 g/mol. The third-order valence-electron chi connectivity index (χ3n) is 4.56. The molecule has 4 nitrogen and oxygen atoms in total. The van der Waals surface area contributed by atoms with Crippen molar-refractivity contribution in [1.82, 2.24) is 9.88 Å². The van der Waals surface area contributed by atoms with Gasteiger partial charge in [-0.15, -0.1) is 0 Å². The molecule has 1 aromatic heterocycles. The number of amides is 1. The summed E-state index contributed by atoms with van der Waals surface area (Å²) in [5.74, 6) is -0.744. The number of halogens is 1. The maximum atomic E-state index is 13.3. The zero-order valence-corrected chi connectivity index (χ0v) is 15.8. The third kappa shape index (κ3) is 4.74. The summed E-state index contributed by atoms with van der Waals surface area (Å²) >= 11 is 0. The summed E-state index contributed by atoms with van der Waals surface area (Å²) in [6.45, 7) is 2.92. The van der Waals surface area contributed by atoms with E-state index in [9.17, 15) is 14.0 Å². The van der Waals surface area contributed by atoms with Gasteiger partial charge in [-0.1, -0.05) is 55.8 Å². The van der Waals surface area contributed by atoms with Crippen molar-refractivity contribution in [3.8, 4) is 11.1 Å². The normalized spacial score (nSPS) is 10.6. The minimum absolute atomic E-state index is 0.0915. The maximum absolute atomic E-state index is 13.3. The molecule has 0 atom stereocenters. The van der Waals surface area contributed by atoms with Gasteiger partial charge in [0, 0.05) is 19.3 Å². The first kappa shape index (κ1) is 19.5. The van der Waals surface area contributed by atoms with E-state index in [1.807, 2.05) is 37.3 Å². The Balaban J connectivity index is 1.93. The van der Waals surface area contributed by atoms with Crippen molar-refractivity contribution in [2.75, 3.05) is 0 Å². The molecule has 0 aliphatic carbocycles. The lowest BCUT2D eigenvalue weighted by atomic mass is 10.0. The molecule has 0 unspecified atom stereocenters. The number of rotatable bonds is 7. The fourth-order valence-corrected chi connectivity index (χ4v) is 2.97. The van der Waals surface area contributed by atoms with E-state index in [0.717, 1.165) is 24.0 Å². The van der Waals surface area contributed by atoms with Crippen molar-refractivity contribution in [3.63, 3.8) is 0 Å². The highest BCUT2D eigenvalue weighted by Crippen LogP contribution is 2.20. The van der Waals surface area contributed by atoms with Crippen LogP contribution in [0.4, 0.5) is 4.39 Å². The first-order valence-electron chi connectivity index (χ1n) is 9.41. The average molecular weight is 378 g/mol. The second-order valence-electron chi connectivity index (χ2n) is 6.67. The third-order valence-corrected chi connectivity index (χ3v) is 4.56.